The maximum Gasteiger partial charge on any atom is 0.229 e. The number of methoxy groups -OCH3 is 1. The van der Waals surface area contributed by atoms with Crippen LogP contribution in [-0.4, -0.2) is 43.5 Å². The molecule has 2 aromatic carbocycles. The maximum absolute atomic E-state index is 11.6. The fourth-order valence-electron chi connectivity index (χ4n) is 3.36. The number of halogens is 1. The largest absolute Gasteiger partial charge is 0.493 e. The summed E-state index contributed by atoms with van der Waals surface area (Å²) in [7, 11) is 1.60. The monoisotopic (exact) mass is 430 g/mol. The zero-order valence-electron chi connectivity index (χ0n) is 17.2. The number of carbonyl (C=O) groups is 2. The third-order valence-electron chi connectivity index (χ3n) is 5.02. The molecular formula is C23H27ClN2O4. The number of nitrogens with zero attached hydrogens (tertiary/aromatic N) is 1. The van der Waals surface area contributed by atoms with Gasteiger partial charge >= 0.3 is 0 Å². The summed E-state index contributed by atoms with van der Waals surface area (Å²) in [6.45, 7) is 2.14. The summed E-state index contributed by atoms with van der Waals surface area (Å²) in [6.07, 6.45) is 2.63. The van der Waals surface area contributed by atoms with Gasteiger partial charge in [-0.15, -0.1) is 0 Å². The molecule has 30 heavy (non-hydrogen) atoms. The molecule has 2 aromatic rings. The summed E-state index contributed by atoms with van der Waals surface area (Å²) >= 11 is 5.91. The van der Waals surface area contributed by atoms with Gasteiger partial charge in [0, 0.05) is 24.4 Å². The van der Waals surface area contributed by atoms with Crippen LogP contribution in [0.4, 0.5) is 0 Å². The minimum absolute atomic E-state index is 0.131. The van der Waals surface area contributed by atoms with Crippen molar-refractivity contribution in [1.29, 1.82) is 0 Å². The number of likely N-dealkylation sites (tertiary alicyclic amines) is 1. The van der Waals surface area contributed by atoms with Gasteiger partial charge in [-0.25, -0.2) is 0 Å². The first kappa shape index (κ1) is 22.1. The predicted octanol–water partition coefficient (Wildman–Crippen LogP) is 3.60. The molecule has 0 atom stereocenters. The number of rotatable bonds is 11. The van der Waals surface area contributed by atoms with Crippen LogP contribution in [0.1, 0.15) is 30.4 Å². The van der Waals surface area contributed by atoms with Crippen LogP contribution >= 0.6 is 11.6 Å². The Kier molecular flexibility index (Phi) is 8.11. The number of benzene rings is 2. The van der Waals surface area contributed by atoms with E-state index in [1.807, 2.05) is 30.3 Å². The van der Waals surface area contributed by atoms with Crippen LogP contribution in [-0.2, 0) is 22.6 Å². The smallest absolute Gasteiger partial charge is 0.229 e. The second-order valence-electron chi connectivity index (χ2n) is 7.18. The first-order chi connectivity index (χ1) is 14.6. The molecule has 1 N–H and O–H groups in total. The van der Waals surface area contributed by atoms with E-state index in [0.29, 0.717) is 24.3 Å². The number of carbonyl (C=O) groups excluding carboxylic acids is 2. The van der Waals surface area contributed by atoms with Crippen molar-refractivity contribution in [1.82, 2.24) is 10.2 Å². The van der Waals surface area contributed by atoms with Gasteiger partial charge < -0.3 is 14.8 Å². The van der Waals surface area contributed by atoms with Gasteiger partial charge in [0.05, 0.1) is 13.7 Å². The van der Waals surface area contributed by atoms with Crippen molar-refractivity contribution in [2.24, 2.45) is 0 Å². The van der Waals surface area contributed by atoms with Crippen LogP contribution in [0.25, 0.3) is 0 Å². The molecule has 0 saturated carbocycles. The van der Waals surface area contributed by atoms with Crippen molar-refractivity contribution in [3.05, 3.63) is 58.6 Å². The molecule has 1 saturated heterocycles. The highest BCUT2D eigenvalue weighted by Gasteiger charge is 2.28. The Bertz CT molecular complexity index is 854. The van der Waals surface area contributed by atoms with E-state index in [0.717, 1.165) is 36.5 Å². The van der Waals surface area contributed by atoms with Gasteiger partial charge in [-0.3, -0.25) is 14.5 Å². The third kappa shape index (κ3) is 6.21. The Balaban J connectivity index is 1.41. The van der Waals surface area contributed by atoms with Gasteiger partial charge in [0.25, 0.3) is 0 Å². The van der Waals surface area contributed by atoms with Crippen LogP contribution in [0, 0.1) is 0 Å². The first-order valence-electron chi connectivity index (χ1n) is 10.1. The fourth-order valence-corrected chi connectivity index (χ4v) is 3.49. The minimum atomic E-state index is -0.131. The summed E-state index contributed by atoms with van der Waals surface area (Å²) in [4.78, 5) is 24.6. The quantitative estimate of drug-likeness (QED) is 0.436. The number of hydrogen-bond acceptors (Lipinski definition) is 5. The van der Waals surface area contributed by atoms with Crippen molar-refractivity contribution >= 4 is 23.4 Å². The number of ether oxygens (including phenoxy) is 2. The second-order valence-corrected chi connectivity index (χ2v) is 7.62. The Morgan fingerprint density at radius 3 is 2.40 bits per heavy atom. The molecule has 2 amide bonds. The minimum Gasteiger partial charge on any atom is -0.493 e. The zero-order valence-corrected chi connectivity index (χ0v) is 17.9. The lowest BCUT2D eigenvalue weighted by Crippen LogP contribution is -2.33. The molecule has 1 fully saturated rings. The molecule has 0 aliphatic carbocycles. The lowest BCUT2D eigenvalue weighted by molar-refractivity contribution is -0.138. The van der Waals surface area contributed by atoms with Gasteiger partial charge in [-0.1, -0.05) is 29.8 Å². The molecule has 0 bridgehead atoms. The maximum atomic E-state index is 11.6. The Hall–Kier alpha value is -2.57. The normalized spacial score (nSPS) is 13.7. The highest BCUT2D eigenvalue weighted by molar-refractivity contribution is 6.30. The molecule has 1 heterocycles. The van der Waals surface area contributed by atoms with Crippen molar-refractivity contribution in [3.63, 3.8) is 0 Å². The molecule has 160 valence electrons. The highest BCUT2D eigenvalue weighted by Crippen LogP contribution is 2.28. The van der Waals surface area contributed by atoms with Gasteiger partial charge in [0.2, 0.25) is 11.8 Å². The van der Waals surface area contributed by atoms with Crippen molar-refractivity contribution < 1.29 is 19.1 Å². The van der Waals surface area contributed by atoms with E-state index >= 15 is 0 Å². The van der Waals surface area contributed by atoms with Gasteiger partial charge in [0.1, 0.15) is 6.61 Å². The molecule has 0 spiro atoms. The molecule has 0 radical (unpaired) electrons. The van der Waals surface area contributed by atoms with E-state index < -0.39 is 0 Å². The molecule has 6 nitrogen and oxygen atoms in total. The first-order valence-corrected chi connectivity index (χ1v) is 10.5. The average Bonchev–Trinajstić information content (AvgIpc) is 3.07. The summed E-state index contributed by atoms with van der Waals surface area (Å²) < 4.78 is 11.2. The van der Waals surface area contributed by atoms with E-state index in [1.165, 1.54) is 10.5 Å². The van der Waals surface area contributed by atoms with Crippen molar-refractivity contribution in [3.8, 4) is 11.5 Å². The van der Waals surface area contributed by atoms with Gasteiger partial charge in [-0.05, 0) is 54.8 Å². The fraction of sp³-hybridized carbons (Fsp3) is 0.391. The molecule has 1 aliphatic rings. The molecule has 0 aromatic heterocycles. The Morgan fingerprint density at radius 1 is 1.00 bits per heavy atom. The Morgan fingerprint density at radius 2 is 1.70 bits per heavy atom. The molecule has 1 aliphatic heterocycles. The van der Waals surface area contributed by atoms with Crippen molar-refractivity contribution in [2.45, 2.75) is 32.2 Å². The van der Waals surface area contributed by atoms with Gasteiger partial charge in [0.15, 0.2) is 11.5 Å². The standard InChI is InChI=1S/C23H27ClN2O4/c1-29-21-15-18(16-25-12-2-3-17-4-7-19(24)8-5-17)6-9-20(21)30-14-13-26-22(27)10-11-23(26)28/h4-9,15,25H,2-3,10-14,16H2,1H3. The van der Waals surface area contributed by atoms with E-state index in [2.05, 4.69) is 17.4 Å². The van der Waals surface area contributed by atoms with Crippen LogP contribution in [0.5, 0.6) is 11.5 Å². The lowest BCUT2D eigenvalue weighted by Gasteiger charge is -2.16. The van der Waals surface area contributed by atoms with E-state index in [1.54, 1.807) is 7.11 Å². The van der Waals surface area contributed by atoms with Crippen LogP contribution in [0.15, 0.2) is 42.5 Å². The zero-order chi connectivity index (χ0) is 21.3. The topological polar surface area (TPSA) is 67.9 Å². The number of aryl methyl sites for hydroxylation is 1. The average molecular weight is 431 g/mol. The summed E-state index contributed by atoms with van der Waals surface area (Å²) in [5, 5.41) is 4.20. The van der Waals surface area contributed by atoms with Crippen molar-refractivity contribution in [2.75, 3.05) is 26.8 Å². The third-order valence-corrected chi connectivity index (χ3v) is 5.27. The van der Waals surface area contributed by atoms with E-state index in [9.17, 15) is 9.59 Å². The molecule has 3 rings (SSSR count). The lowest BCUT2D eigenvalue weighted by atomic mass is 10.1. The predicted molar refractivity (Wildman–Crippen MR) is 116 cm³/mol. The SMILES string of the molecule is COc1cc(CNCCCc2ccc(Cl)cc2)ccc1OCCN1C(=O)CCC1=O. The van der Waals surface area contributed by atoms with Crippen LogP contribution < -0.4 is 14.8 Å². The molecule has 0 unspecified atom stereocenters. The second kappa shape index (κ2) is 11.0. The number of nitrogens with one attached hydrogen (secondary N) is 1. The summed E-state index contributed by atoms with van der Waals surface area (Å²) in [5.41, 5.74) is 2.37. The van der Waals surface area contributed by atoms with Gasteiger partial charge in [-0.2, -0.15) is 0 Å². The van der Waals surface area contributed by atoms with E-state index in [-0.39, 0.29) is 25.0 Å². The Labute approximate surface area is 182 Å². The van der Waals surface area contributed by atoms with E-state index in [4.69, 9.17) is 21.1 Å². The summed E-state index contributed by atoms with van der Waals surface area (Å²) in [6, 6.07) is 13.7. The number of imide groups is 1. The van der Waals surface area contributed by atoms with Crippen LogP contribution in [0.2, 0.25) is 5.02 Å². The number of hydrogen-bond donors (Lipinski definition) is 1. The number of amides is 2. The van der Waals surface area contributed by atoms with Crippen LogP contribution in [0.3, 0.4) is 0 Å². The molecule has 7 heteroatoms. The molecular weight excluding hydrogens is 404 g/mol. The highest BCUT2D eigenvalue weighted by atomic mass is 35.5. The summed E-state index contributed by atoms with van der Waals surface area (Å²) in [5.74, 6) is 0.971.